The fraction of sp³-hybridized carbons (Fsp3) is 0.714. The molecule has 6 heteroatoms. The topological polar surface area (TPSA) is 104 Å². The predicted octanol–water partition coefficient (Wildman–Crippen LogP) is -0.193. The van der Waals surface area contributed by atoms with Crippen molar-refractivity contribution in [1.82, 2.24) is 0 Å². The van der Waals surface area contributed by atoms with Crippen LogP contribution >= 0.6 is 0 Å². The molecular weight excluding hydrogens is 180 g/mol. The molecular formula is C7H16O6. The van der Waals surface area contributed by atoms with Crippen molar-refractivity contribution < 1.29 is 29.6 Å². The van der Waals surface area contributed by atoms with E-state index in [0.717, 1.165) is 13.8 Å². The third-order valence-corrected chi connectivity index (χ3v) is 0.295. The lowest BCUT2D eigenvalue weighted by Crippen LogP contribution is -1.91. The number of aliphatic carboxylic acids is 2. The zero-order chi connectivity index (χ0) is 11.3. The number of methoxy groups -OCH3 is 1. The van der Waals surface area contributed by atoms with Crippen molar-refractivity contribution in [3.8, 4) is 0 Å². The Morgan fingerprint density at radius 2 is 1.38 bits per heavy atom. The highest BCUT2D eigenvalue weighted by Crippen LogP contribution is 1.56. The summed E-state index contributed by atoms with van der Waals surface area (Å²) in [6, 6.07) is 0. The van der Waals surface area contributed by atoms with Crippen LogP contribution in [0.15, 0.2) is 0 Å². The maximum Gasteiger partial charge on any atom is 0.300 e. The standard InChI is InChI=1S/C3H8O2.2C2H4O2/c1-5-3-2-4;2*1-2(3)4/h4H,2-3H2,1H3;2*1H3,(H,3,4). The molecule has 0 spiro atoms. The Morgan fingerprint density at radius 3 is 1.38 bits per heavy atom. The van der Waals surface area contributed by atoms with Crippen molar-refractivity contribution >= 4 is 11.9 Å². The van der Waals surface area contributed by atoms with Gasteiger partial charge in [0, 0.05) is 21.0 Å². The van der Waals surface area contributed by atoms with Crippen molar-refractivity contribution in [1.29, 1.82) is 0 Å². The van der Waals surface area contributed by atoms with E-state index in [1.807, 2.05) is 0 Å². The average molecular weight is 196 g/mol. The fourth-order valence-electron chi connectivity index (χ4n) is 0.0913. The molecule has 0 unspecified atom stereocenters. The van der Waals surface area contributed by atoms with E-state index in [0.29, 0.717) is 6.61 Å². The summed E-state index contributed by atoms with van der Waals surface area (Å²) >= 11 is 0. The summed E-state index contributed by atoms with van der Waals surface area (Å²) in [5, 5.41) is 22.8. The molecule has 0 rings (SSSR count). The zero-order valence-corrected chi connectivity index (χ0v) is 7.98. The minimum absolute atomic E-state index is 0.122. The first-order chi connectivity index (χ1) is 5.88. The van der Waals surface area contributed by atoms with Crippen molar-refractivity contribution in [3.05, 3.63) is 0 Å². The SMILES string of the molecule is CC(=O)O.CC(=O)O.COCCO. The number of carboxylic acids is 2. The monoisotopic (exact) mass is 196 g/mol. The van der Waals surface area contributed by atoms with Crippen LogP contribution in [0, 0.1) is 0 Å². The highest BCUT2D eigenvalue weighted by Gasteiger charge is 1.67. The first-order valence-corrected chi connectivity index (χ1v) is 3.37. The fourth-order valence-corrected chi connectivity index (χ4v) is 0.0913. The number of hydrogen-bond acceptors (Lipinski definition) is 4. The minimum Gasteiger partial charge on any atom is -0.481 e. The third-order valence-electron chi connectivity index (χ3n) is 0.295. The van der Waals surface area contributed by atoms with E-state index < -0.39 is 11.9 Å². The molecule has 0 bridgehead atoms. The lowest BCUT2D eigenvalue weighted by Gasteiger charge is -1.84. The molecule has 0 aromatic carbocycles. The molecule has 3 N–H and O–H groups in total. The van der Waals surface area contributed by atoms with Gasteiger partial charge < -0.3 is 20.1 Å². The second kappa shape index (κ2) is 17.1. The molecule has 0 aromatic rings. The van der Waals surface area contributed by atoms with Gasteiger partial charge in [-0.2, -0.15) is 0 Å². The Balaban J connectivity index is -0.000000117. The van der Waals surface area contributed by atoms with Gasteiger partial charge in [-0.1, -0.05) is 0 Å². The number of carboxylic acid groups (broad SMARTS) is 2. The Morgan fingerprint density at radius 1 is 1.15 bits per heavy atom. The van der Waals surface area contributed by atoms with Crippen LogP contribution < -0.4 is 0 Å². The molecule has 0 radical (unpaired) electrons. The number of aliphatic hydroxyl groups is 1. The van der Waals surface area contributed by atoms with Gasteiger partial charge in [-0.3, -0.25) is 9.59 Å². The van der Waals surface area contributed by atoms with Crippen molar-refractivity contribution in [2.24, 2.45) is 0 Å². The lowest BCUT2D eigenvalue weighted by atomic mass is 10.8. The van der Waals surface area contributed by atoms with Crippen molar-refractivity contribution in [2.45, 2.75) is 13.8 Å². The van der Waals surface area contributed by atoms with Gasteiger partial charge in [-0.05, 0) is 0 Å². The van der Waals surface area contributed by atoms with E-state index in [2.05, 4.69) is 4.74 Å². The molecule has 0 saturated heterocycles. The molecule has 6 nitrogen and oxygen atoms in total. The average Bonchev–Trinajstić information content (AvgIpc) is 1.86. The lowest BCUT2D eigenvalue weighted by molar-refractivity contribution is -0.135. The second-order valence-corrected chi connectivity index (χ2v) is 1.75. The second-order valence-electron chi connectivity index (χ2n) is 1.75. The van der Waals surface area contributed by atoms with Crippen LogP contribution in [0.25, 0.3) is 0 Å². The molecule has 0 aliphatic rings. The summed E-state index contributed by atoms with van der Waals surface area (Å²) in [4.78, 5) is 18.0. The smallest absolute Gasteiger partial charge is 0.300 e. The summed E-state index contributed by atoms with van der Waals surface area (Å²) in [7, 11) is 1.55. The normalized spacial score (nSPS) is 7.08. The maximum atomic E-state index is 9.00. The third kappa shape index (κ3) is 1150. The highest BCUT2D eigenvalue weighted by molar-refractivity contribution is 5.63. The Kier molecular flexibility index (Phi) is 23.4. The summed E-state index contributed by atoms with van der Waals surface area (Å²) < 4.78 is 4.44. The van der Waals surface area contributed by atoms with E-state index >= 15 is 0 Å². The number of carbonyl (C=O) groups is 2. The number of rotatable bonds is 2. The molecule has 80 valence electrons. The van der Waals surface area contributed by atoms with E-state index in [4.69, 9.17) is 24.9 Å². The summed E-state index contributed by atoms with van der Waals surface area (Å²) in [6.07, 6.45) is 0. The molecule has 13 heavy (non-hydrogen) atoms. The Labute approximate surface area is 76.8 Å². The minimum atomic E-state index is -0.833. The van der Waals surface area contributed by atoms with Gasteiger partial charge in [-0.25, -0.2) is 0 Å². The van der Waals surface area contributed by atoms with Crippen LogP contribution in [0.5, 0.6) is 0 Å². The van der Waals surface area contributed by atoms with Crippen LogP contribution in [0.4, 0.5) is 0 Å². The Bertz CT molecular complexity index is 100. The molecule has 0 saturated carbocycles. The quantitative estimate of drug-likeness (QED) is 0.565. The van der Waals surface area contributed by atoms with E-state index in [9.17, 15) is 0 Å². The van der Waals surface area contributed by atoms with E-state index in [1.165, 1.54) is 0 Å². The zero-order valence-electron chi connectivity index (χ0n) is 7.98. The number of hydrogen-bond donors (Lipinski definition) is 3. The van der Waals surface area contributed by atoms with Crippen LogP contribution in [-0.2, 0) is 14.3 Å². The number of ether oxygens (including phenoxy) is 1. The summed E-state index contributed by atoms with van der Waals surface area (Å²) in [5.41, 5.74) is 0. The van der Waals surface area contributed by atoms with Crippen molar-refractivity contribution in [2.75, 3.05) is 20.3 Å². The van der Waals surface area contributed by atoms with E-state index in [1.54, 1.807) is 7.11 Å². The highest BCUT2D eigenvalue weighted by atomic mass is 16.5. The molecule has 0 aromatic heterocycles. The molecule has 0 amide bonds. The van der Waals surface area contributed by atoms with Crippen LogP contribution in [0.3, 0.4) is 0 Å². The number of aliphatic hydroxyl groups excluding tert-OH is 1. The van der Waals surface area contributed by atoms with Gasteiger partial charge in [0.05, 0.1) is 13.2 Å². The molecule has 0 aliphatic carbocycles. The van der Waals surface area contributed by atoms with Gasteiger partial charge >= 0.3 is 0 Å². The van der Waals surface area contributed by atoms with Gasteiger partial charge in [0.1, 0.15) is 0 Å². The van der Waals surface area contributed by atoms with Crippen LogP contribution in [-0.4, -0.2) is 47.6 Å². The molecule has 0 heterocycles. The van der Waals surface area contributed by atoms with E-state index in [-0.39, 0.29) is 6.61 Å². The summed E-state index contributed by atoms with van der Waals surface area (Å²) in [6.45, 7) is 2.73. The first-order valence-electron chi connectivity index (χ1n) is 3.37. The summed E-state index contributed by atoms with van der Waals surface area (Å²) in [5.74, 6) is -1.67. The van der Waals surface area contributed by atoms with Gasteiger partial charge in [0.15, 0.2) is 0 Å². The molecule has 0 aliphatic heterocycles. The molecule has 0 fully saturated rings. The molecule has 0 atom stereocenters. The predicted molar refractivity (Wildman–Crippen MR) is 45.6 cm³/mol. The van der Waals surface area contributed by atoms with Gasteiger partial charge in [0.25, 0.3) is 11.9 Å². The van der Waals surface area contributed by atoms with Crippen LogP contribution in [0.1, 0.15) is 13.8 Å². The van der Waals surface area contributed by atoms with Crippen molar-refractivity contribution in [3.63, 3.8) is 0 Å². The van der Waals surface area contributed by atoms with Gasteiger partial charge in [0.2, 0.25) is 0 Å². The largest absolute Gasteiger partial charge is 0.481 e. The van der Waals surface area contributed by atoms with Gasteiger partial charge in [-0.15, -0.1) is 0 Å². The first kappa shape index (κ1) is 17.8. The Hall–Kier alpha value is -1.14. The van der Waals surface area contributed by atoms with Crippen LogP contribution in [0.2, 0.25) is 0 Å². The maximum absolute atomic E-state index is 9.00.